The zero-order valence-corrected chi connectivity index (χ0v) is 25.4. The van der Waals surface area contributed by atoms with Crippen molar-refractivity contribution in [1.82, 2.24) is 18.7 Å². The van der Waals surface area contributed by atoms with E-state index < -0.39 is 0 Å². The summed E-state index contributed by atoms with van der Waals surface area (Å²) in [6.07, 6.45) is 8.10. The van der Waals surface area contributed by atoms with Crippen LogP contribution in [-0.2, 0) is 0 Å². The Morgan fingerprint density at radius 2 is 1.36 bits per heavy atom. The van der Waals surface area contributed by atoms with E-state index in [0.29, 0.717) is 0 Å². The summed E-state index contributed by atoms with van der Waals surface area (Å²) in [6.45, 7) is 8.29. The predicted molar refractivity (Wildman–Crippen MR) is 190 cm³/mol. The minimum Gasteiger partial charge on any atom is -0.309 e. The molecule has 0 saturated heterocycles. The first-order chi connectivity index (χ1) is 22.2. The maximum Gasteiger partial charge on any atom is 0.165 e. The highest BCUT2D eigenvalue weighted by Gasteiger charge is 2.25. The van der Waals surface area contributed by atoms with Gasteiger partial charge in [0.25, 0.3) is 0 Å². The van der Waals surface area contributed by atoms with Crippen LogP contribution in [-0.4, -0.2) is 18.7 Å². The van der Waals surface area contributed by atoms with E-state index in [4.69, 9.17) is 4.98 Å². The van der Waals surface area contributed by atoms with Gasteiger partial charge in [0.1, 0.15) is 11.3 Å². The molecule has 0 saturated carbocycles. The third-order valence-corrected chi connectivity index (χ3v) is 8.64. The molecule has 0 spiro atoms. The molecule has 0 atom stereocenters. The minimum absolute atomic E-state index is 0.887. The first-order valence-electron chi connectivity index (χ1n) is 15.3. The zero-order chi connectivity index (χ0) is 30.5. The summed E-state index contributed by atoms with van der Waals surface area (Å²) in [5, 5.41) is 3.57. The molecule has 0 radical (unpaired) electrons. The van der Waals surface area contributed by atoms with Crippen molar-refractivity contribution in [2.75, 3.05) is 0 Å². The number of hydrogen-bond donors (Lipinski definition) is 0. The van der Waals surface area contributed by atoms with Gasteiger partial charge in [0.05, 0.1) is 16.6 Å². The second-order valence-electron chi connectivity index (χ2n) is 11.3. The summed E-state index contributed by atoms with van der Waals surface area (Å²) in [5.41, 5.74) is 11.0. The molecule has 45 heavy (non-hydrogen) atoms. The molecule has 3 heterocycles. The Kier molecular flexibility index (Phi) is 6.35. The monoisotopic (exact) mass is 580 g/mol. The number of hydrogen-bond acceptors (Lipinski definition) is 1. The largest absolute Gasteiger partial charge is 0.309 e. The summed E-state index contributed by atoms with van der Waals surface area (Å²) < 4.78 is 7.02. The highest BCUT2D eigenvalue weighted by Crippen LogP contribution is 2.42. The molecule has 216 valence electrons. The normalized spacial score (nSPS) is 12.4. The molecule has 4 nitrogen and oxygen atoms in total. The van der Waals surface area contributed by atoms with Crippen LogP contribution >= 0.6 is 0 Å². The number of rotatable bonds is 6. The number of fused-ring (bicyclic) bond motifs is 6. The quantitative estimate of drug-likeness (QED) is 0.180. The van der Waals surface area contributed by atoms with Crippen molar-refractivity contribution in [2.24, 2.45) is 0 Å². The zero-order valence-electron chi connectivity index (χ0n) is 25.4. The van der Waals surface area contributed by atoms with E-state index in [0.717, 1.165) is 44.8 Å². The van der Waals surface area contributed by atoms with Crippen LogP contribution in [0.2, 0.25) is 0 Å². The molecule has 0 fully saturated rings. The molecule has 8 aromatic rings. The lowest BCUT2D eigenvalue weighted by atomic mass is 10.1. The first kappa shape index (κ1) is 26.7. The van der Waals surface area contributed by atoms with Crippen LogP contribution < -0.4 is 0 Å². The van der Waals surface area contributed by atoms with Crippen LogP contribution in [0, 0.1) is 6.92 Å². The average Bonchev–Trinajstić information content (AvgIpc) is 3.71. The van der Waals surface area contributed by atoms with E-state index >= 15 is 0 Å². The molecule has 3 aromatic heterocycles. The van der Waals surface area contributed by atoms with Gasteiger partial charge < -0.3 is 4.57 Å². The van der Waals surface area contributed by atoms with Gasteiger partial charge in [0.2, 0.25) is 0 Å². The lowest BCUT2D eigenvalue weighted by Crippen LogP contribution is -1.99. The van der Waals surface area contributed by atoms with E-state index in [1.807, 2.05) is 19.1 Å². The number of aryl methyl sites for hydroxylation is 1. The van der Waals surface area contributed by atoms with Crippen molar-refractivity contribution in [3.05, 3.63) is 158 Å². The fourth-order valence-corrected chi connectivity index (χ4v) is 6.74. The minimum atomic E-state index is 0.887. The van der Waals surface area contributed by atoms with Crippen LogP contribution in [0.3, 0.4) is 0 Å². The smallest absolute Gasteiger partial charge is 0.165 e. The van der Waals surface area contributed by atoms with Crippen LogP contribution in [0.15, 0.2) is 152 Å². The maximum absolute atomic E-state index is 5.42. The number of aromatic nitrogens is 4. The molecule has 0 aliphatic carbocycles. The second-order valence-corrected chi connectivity index (χ2v) is 11.3. The Morgan fingerprint density at radius 1 is 0.689 bits per heavy atom. The maximum atomic E-state index is 5.42. The Balaban J connectivity index is 1.61. The van der Waals surface area contributed by atoms with Gasteiger partial charge in [-0.05, 0) is 68.0 Å². The molecule has 0 N–H and O–H groups in total. The summed E-state index contributed by atoms with van der Waals surface area (Å²) >= 11 is 0. The third kappa shape index (κ3) is 4.10. The Hall–Kier alpha value is -5.87. The highest BCUT2D eigenvalue weighted by molar-refractivity contribution is 6.18. The molecular formula is C41H32N4. The SMILES string of the molecule is C=C/C=C(\C=C/C)n1c(-c2ccccc2)nc2c1c1cc3c(cc1n2-c1ccccc1)c1ccccc1n3-c1ccccc1C. The van der Waals surface area contributed by atoms with E-state index in [-0.39, 0.29) is 0 Å². The average molecular weight is 581 g/mol. The summed E-state index contributed by atoms with van der Waals surface area (Å²) in [7, 11) is 0. The van der Waals surface area contributed by atoms with E-state index in [1.165, 1.54) is 33.1 Å². The molecule has 4 heteroatoms. The van der Waals surface area contributed by atoms with Gasteiger partial charge in [-0.2, -0.15) is 0 Å². The van der Waals surface area contributed by atoms with Gasteiger partial charge in [-0.15, -0.1) is 0 Å². The Labute approximate surface area is 262 Å². The van der Waals surface area contributed by atoms with E-state index in [2.05, 4.69) is 161 Å². The summed E-state index contributed by atoms with van der Waals surface area (Å²) in [6, 6.07) is 43.1. The fourth-order valence-electron chi connectivity index (χ4n) is 6.74. The summed E-state index contributed by atoms with van der Waals surface area (Å²) in [5.74, 6) is 0.887. The Morgan fingerprint density at radius 3 is 2.11 bits per heavy atom. The molecular weight excluding hydrogens is 548 g/mol. The van der Waals surface area contributed by atoms with Crippen LogP contribution in [0.4, 0.5) is 0 Å². The highest BCUT2D eigenvalue weighted by atomic mass is 15.2. The van der Waals surface area contributed by atoms with Crippen LogP contribution in [0.25, 0.3) is 72.3 Å². The van der Waals surface area contributed by atoms with Crippen molar-refractivity contribution in [1.29, 1.82) is 0 Å². The standard InChI is InChI=1S/C41H32N4/c1-4-16-30(17-5-2)44-39-34-27-37-33(32-23-13-15-25-36(32)45(37)35-24-14-12-18-28(35)3)26-38(34)43(31-21-10-7-11-22-31)41(39)42-40(44)29-19-8-6-9-20-29/h4-27H,1H2,2-3H3/b17-5-,30-16+. The molecule has 5 aromatic carbocycles. The van der Waals surface area contributed by atoms with Crippen molar-refractivity contribution in [2.45, 2.75) is 13.8 Å². The number of allylic oxidation sites excluding steroid dienone is 5. The third-order valence-electron chi connectivity index (χ3n) is 8.64. The molecule has 0 unspecified atom stereocenters. The Bertz CT molecular complexity index is 2450. The van der Waals surface area contributed by atoms with E-state index in [1.54, 1.807) is 0 Å². The van der Waals surface area contributed by atoms with Crippen LogP contribution in [0.1, 0.15) is 12.5 Å². The molecule has 0 bridgehead atoms. The van der Waals surface area contributed by atoms with Crippen molar-refractivity contribution >= 4 is 49.6 Å². The molecule has 0 aliphatic heterocycles. The van der Waals surface area contributed by atoms with Gasteiger partial charge in [-0.25, -0.2) is 4.98 Å². The topological polar surface area (TPSA) is 27.7 Å². The second kappa shape index (κ2) is 10.7. The lowest BCUT2D eigenvalue weighted by Gasteiger charge is -2.12. The fraction of sp³-hybridized carbons (Fsp3) is 0.0488. The number of nitrogens with zero attached hydrogens (tertiary/aromatic N) is 4. The van der Waals surface area contributed by atoms with Gasteiger partial charge in [0, 0.05) is 38.8 Å². The van der Waals surface area contributed by atoms with Gasteiger partial charge >= 0.3 is 0 Å². The lowest BCUT2D eigenvalue weighted by molar-refractivity contribution is 1.12. The van der Waals surface area contributed by atoms with Crippen molar-refractivity contribution in [3.8, 4) is 22.8 Å². The summed E-state index contributed by atoms with van der Waals surface area (Å²) in [4.78, 5) is 5.42. The molecule has 0 aliphatic rings. The number of para-hydroxylation sites is 3. The predicted octanol–water partition coefficient (Wildman–Crippen LogP) is 10.7. The van der Waals surface area contributed by atoms with Gasteiger partial charge in [0.15, 0.2) is 5.65 Å². The van der Waals surface area contributed by atoms with Gasteiger partial charge in [-0.3, -0.25) is 9.13 Å². The molecule has 8 rings (SSSR count). The first-order valence-corrected chi connectivity index (χ1v) is 15.3. The number of benzene rings is 5. The van der Waals surface area contributed by atoms with Crippen LogP contribution in [0.5, 0.6) is 0 Å². The van der Waals surface area contributed by atoms with Gasteiger partial charge in [-0.1, -0.05) is 104 Å². The number of imidazole rings is 1. The van der Waals surface area contributed by atoms with E-state index in [9.17, 15) is 0 Å². The van der Waals surface area contributed by atoms with Crippen molar-refractivity contribution < 1.29 is 0 Å². The van der Waals surface area contributed by atoms with Crippen molar-refractivity contribution in [3.63, 3.8) is 0 Å². The molecule has 0 amide bonds.